The van der Waals surface area contributed by atoms with Gasteiger partial charge in [-0.25, -0.2) is 0 Å². The van der Waals surface area contributed by atoms with Crippen LogP contribution in [0.1, 0.15) is 57.4 Å². The molecule has 0 unspecified atom stereocenters. The summed E-state index contributed by atoms with van der Waals surface area (Å²) in [5.74, 6) is 0.529. The first-order valence-electron chi connectivity index (χ1n) is 12.5. The molecule has 32 heavy (non-hydrogen) atoms. The Hall–Kier alpha value is -2.10. The van der Waals surface area contributed by atoms with Crippen LogP contribution in [0.5, 0.6) is 0 Å². The van der Waals surface area contributed by atoms with Gasteiger partial charge in [-0.2, -0.15) is 0 Å². The summed E-state index contributed by atoms with van der Waals surface area (Å²) in [5, 5.41) is 1.29. The van der Waals surface area contributed by atoms with Gasteiger partial charge in [0.05, 0.1) is 11.2 Å². The number of hydrogen-bond acceptors (Lipinski definition) is 2. The minimum absolute atomic E-state index is 0.0192. The zero-order chi connectivity index (χ0) is 21.7. The minimum atomic E-state index is -0.0977. The summed E-state index contributed by atoms with van der Waals surface area (Å²) in [6.07, 6.45) is 17.9. The van der Waals surface area contributed by atoms with Crippen molar-refractivity contribution in [3.8, 4) is 0 Å². The molecule has 1 N–H and O–H groups in total. The summed E-state index contributed by atoms with van der Waals surface area (Å²) in [4.78, 5) is 5.83. The van der Waals surface area contributed by atoms with Crippen LogP contribution in [-0.4, -0.2) is 41.2 Å². The normalized spacial score (nSPS) is 39.9. The fourth-order valence-corrected chi connectivity index (χ4v) is 8.07. The average molecular weight is 427 g/mol. The number of aromatic amines is 1. The number of ether oxygens (including phenoxy) is 1. The van der Waals surface area contributed by atoms with Crippen molar-refractivity contribution in [1.29, 1.82) is 0 Å². The summed E-state index contributed by atoms with van der Waals surface area (Å²) >= 11 is 0. The van der Waals surface area contributed by atoms with Crippen molar-refractivity contribution in [2.75, 3.05) is 14.1 Å². The van der Waals surface area contributed by atoms with Crippen molar-refractivity contribution in [2.45, 2.75) is 69.1 Å². The van der Waals surface area contributed by atoms with Crippen LogP contribution in [0.2, 0.25) is 0 Å². The number of aromatic nitrogens is 1. The highest BCUT2D eigenvalue weighted by atomic mass is 16.5. The van der Waals surface area contributed by atoms with Gasteiger partial charge in [0.2, 0.25) is 0 Å². The van der Waals surface area contributed by atoms with Crippen LogP contribution in [0.15, 0.2) is 59.8 Å². The van der Waals surface area contributed by atoms with Gasteiger partial charge < -0.3 is 14.6 Å². The Kier molecular flexibility index (Phi) is 3.80. The van der Waals surface area contributed by atoms with Gasteiger partial charge in [-0.15, -0.1) is 0 Å². The molecule has 7 rings (SSSR count). The fourth-order valence-electron chi connectivity index (χ4n) is 8.07. The lowest BCUT2D eigenvalue weighted by Gasteiger charge is -2.54. The Morgan fingerprint density at radius 1 is 1.12 bits per heavy atom. The van der Waals surface area contributed by atoms with E-state index in [2.05, 4.69) is 73.4 Å². The molecule has 166 valence electrons. The molecule has 1 aromatic heterocycles. The summed E-state index contributed by atoms with van der Waals surface area (Å²) in [6.45, 7) is 2.51. The minimum Gasteiger partial charge on any atom is -0.361 e. The van der Waals surface area contributed by atoms with E-state index in [1.165, 1.54) is 53.3 Å². The number of hydrogen-bond donors (Lipinski definition) is 1. The first-order chi connectivity index (χ1) is 15.4. The van der Waals surface area contributed by atoms with E-state index in [1.807, 2.05) is 6.20 Å². The second-order valence-electron chi connectivity index (χ2n) is 11.5. The van der Waals surface area contributed by atoms with Gasteiger partial charge >= 0.3 is 0 Å². The second-order valence-corrected chi connectivity index (χ2v) is 11.5. The van der Waals surface area contributed by atoms with Crippen LogP contribution in [-0.2, 0) is 4.74 Å². The van der Waals surface area contributed by atoms with E-state index in [9.17, 15) is 0 Å². The monoisotopic (exact) mass is 426 g/mol. The first-order valence-corrected chi connectivity index (χ1v) is 12.5. The third kappa shape index (κ3) is 2.34. The third-order valence-electron chi connectivity index (χ3n) is 9.84. The first kappa shape index (κ1) is 19.4. The molecular weight excluding hydrogens is 392 g/mol. The maximum atomic E-state index is 7.38. The van der Waals surface area contributed by atoms with E-state index in [-0.39, 0.29) is 16.6 Å². The molecule has 3 heteroatoms. The van der Waals surface area contributed by atoms with E-state index in [0.29, 0.717) is 12.0 Å². The Morgan fingerprint density at radius 2 is 2.03 bits per heavy atom. The van der Waals surface area contributed by atoms with Crippen LogP contribution in [0.4, 0.5) is 0 Å². The molecule has 1 saturated carbocycles. The largest absolute Gasteiger partial charge is 0.361 e. The van der Waals surface area contributed by atoms with Crippen molar-refractivity contribution < 1.29 is 4.74 Å². The summed E-state index contributed by atoms with van der Waals surface area (Å²) in [6, 6.07) is 9.73. The van der Waals surface area contributed by atoms with Crippen LogP contribution < -0.4 is 0 Å². The van der Waals surface area contributed by atoms with E-state index in [1.54, 1.807) is 5.57 Å². The number of fused-ring (bicyclic) bond motifs is 2. The SMILES string of the molecule is CN(C)[C@H]1CCC2=CC3=CC[C@]4(C)C(c5ccc6cc[nH]c6c5)=CC[C@H]4[C@@]34CC[C@]2(C1)O4. The van der Waals surface area contributed by atoms with E-state index in [4.69, 9.17) is 4.74 Å². The molecule has 5 atom stereocenters. The zero-order valence-electron chi connectivity index (χ0n) is 19.6. The zero-order valence-corrected chi connectivity index (χ0v) is 19.6. The van der Waals surface area contributed by atoms with E-state index in [0.717, 1.165) is 19.3 Å². The van der Waals surface area contributed by atoms with Gasteiger partial charge in [0.15, 0.2) is 0 Å². The second kappa shape index (κ2) is 6.27. The molecule has 3 aliphatic carbocycles. The average Bonchev–Trinajstić information content (AvgIpc) is 3.47. The highest BCUT2D eigenvalue weighted by molar-refractivity contribution is 5.85. The van der Waals surface area contributed by atoms with Crippen molar-refractivity contribution in [3.63, 3.8) is 0 Å². The molecule has 0 radical (unpaired) electrons. The molecular formula is C29H34N2O. The van der Waals surface area contributed by atoms with E-state index < -0.39 is 0 Å². The maximum absolute atomic E-state index is 7.38. The molecule has 1 aromatic carbocycles. The van der Waals surface area contributed by atoms with Gasteiger partial charge in [0, 0.05) is 29.1 Å². The van der Waals surface area contributed by atoms with Crippen LogP contribution in [0.3, 0.4) is 0 Å². The van der Waals surface area contributed by atoms with Gasteiger partial charge in [-0.05, 0) is 98.8 Å². The van der Waals surface area contributed by atoms with Gasteiger partial charge in [-0.1, -0.05) is 37.3 Å². The fraction of sp³-hybridized carbons (Fsp3) is 0.517. The summed E-state index contributed by atoms with van der Waals surface area (Å²) in [7, 11) is 4.47. The number of benzene rings is 1. The summed E-state index contributed by atoms with van der Waals surface area (Å²) < 4.78 is 7.38. The molecule has 2 bridgehead atoms. The lowest BCUT2D eigenvalue weighted by molar-refractivity contribution is -0.134. The van der Waals surface area contributed by atoms with Gasteiger partial charge in [-0.3, -0.25) is 0 Å². The highest BCUT2D eigenvalue weighted by Gasteiger charge is 2.65. The Bertz CT molecular complexity index is 1210. The standard InChI is InChI=1S/C29H34N2O/c1-27-12-10-22-17-21-6-7-23(31(2)3)18-28(21)13-14-29(22,32-28)26(27)9-8-24(27)20-5-4-19-11-15-30-25(19)16-20/h4-5,8,10-11,15-17,23,26,30H,6-7,9,12-14,18H2,1-3H3/t23-,26+,27+,28+,29+/m0/s1. The van der Waals surface area contributed by atoms with Crippen molar-refractivity contribution in [1.82, 2.24) is 9.88 Å². The molecule has 2 aliphatic heterocycles. The van der Waals surface area contributed by atoms with Crippen LogP contribution >= 0.6 is 0 Å². The maximum Gasteiger partial charge on any atom is 0.0980 e. The highest BCUT2D eigenvalue weighted by Crippen LogP contribution is 2.67. The number of rotatable bonds is 2. The third-order valence-corrected chi connectivity index (χ3v) is 9.84. The van der Waals surface area contributed by atoms with Crippen LogP contribution in [0.25, 0.3) is 16.5 Å². The predicted octanol–water partition coefficient (Wildman–Crippen LogP) is 6.25. The Morgan fingerprint density at radius 3 is 2.91 bits per heavy atom. The molecule has 2 spiro atoms. The molecule has 2 aromatic rings. The molecule has 3 nitrogen and oxygen atoms in total. The topological polar surface area (TPSA) is 28.3 Å². The molecule has 2 fully saturated rings. The number of nitrogens with zero attached hydrogens (tertiary/aromatic N) is 1. The van der Waals surface area contributed by atoms with Gasteiger partial charge in [0.25, 0.3) is 0 Å². The molecule has 1 saturated heterocycles. The predicted molar refractivity (Wildman–Crippen MR) is 130 cm³/mol. The summed E-state index contributed by atoms with van der Waals surface area (Å²) in [5.41, 5.74) is 7.24. The number of nitrogens with one attached hydrogen (secondary N) is 1. The molecule has 0 amide bonds. The lowest BCUT2D eigenvalue weighted by atomic mass is 9.58. The lowest BCUT2D eigenvalue weighted by Crippen LogP contribution is -2.54. The number of allylic oxidation sites excluding steroid dienone is 3. The van der Waals surface area contributed by atoms with Crippen molar-refractivity contribution in [2.24, 2.45) is 11.3 Å². The number of H-pyrrole nitrogens is 1. The quantitative estimate of drug-likeness (QED) is 0.615. The Labute approximate surface area is 191 Å². The van der Waals surface area contributed by atoms with Crippen molar-refractivity contribution >= 4 is 16.5 Å². The van der Waals surface area contributed by atoms with Gasteiger partial charge in [0.1, 0.15) is 0 Å². The Balaban J connectivity index is 1.29. The van der Waals surface area contributed by atoms with Crippen LogP contribution in [0, 0.1) is 11.3 Å². The smallest absolute Gasteiger partial charge is 0.0980 e. The van der Waals surface area contributed by atoms with Crippen molar-refractivity contribution in [3.05, 3.63) is 65.4 Å². The van der Waals surface area contributed by atoms with E-state index >= 15 is 0 Å². The molecule has 5 aliphatic rings. The molecule has 3 heterocycles.